The van der Waals surface area contributed by atoms with E-state index in [1.54, 1.807) is 17.1 Å². The number of nitrogens with one attached hydrogen (secondary N) is 1. The first-order valence-electron chi connectivity index (χ1n) is 7.40. The van der Waals surface area contributed by atoms with Gasteiger partial charge in [0.25, 0.3) is 0 Å². The van der Waals surface area contributed by atoms with Crippen LogP contribution in [-0.4, -0.2) is 29.4 Å². The second kappa shape index (κ2) is 6.54. The summed E-state index contributed by atoms with van der Waals surface area (Å²) in [5, 5.41) is 4.55. The summed E-state index contributed by atoms with van der Waals surface area (Å²) >= 11 is 0. The maximum atomic E-state index is 11.2. The molecule has 2 heterocycles. The van der Waals surface area contributed by atoms with Crippen LogP contribution in [0, 0.1) is 0 Å². The third-order valence-corrected chi connectivity index (χ3v) is 4.25. The summed E-state index contributed by atoms with van der Waals surface area (Å²) in [6.45, 7) is 0.281. The first-order valence-corrected chi connectivity index (χ1v) is 9.29. The predicted molar refractivity (Wildman–Crippen MR) is 93.6 cm³/mol. The first kappa shape index (κ1) is 16.4. The fraction of sp³-hybridized carbons (Fsp3) is 0.176. The molecule has 3 rings (SSSR count). The number of nitrogens with zero attached hydrogens (tertiary/aromatic N) is 3. The number of benzene rings is 1. The van der Waals surface area contributed by atoms with Crippen molar-refractivity contribution in [2.24, 2.45) is 7.05 Å². The van der Waals surface area contributed by atoms with Crippen molar-refractivity contribution in [3.05, 3.63) is 60.6 Å². The molecule has 3 aromatic rings. The number of sulfonamides is 1. The van der Waals surface area contributed by atoms with Crippen LogP contribution in [0.2, 0.25) is 0 Å². The Morgan fingerprint density at radius 3 is 2.33 bits per heavy atom. The molecular weight excluding hydrogens is 324 g/mol. The lowest BCUT2D eigenvalue weighted by Crippen LogP contribution is -2.21. The highest BCUT2D eigenvalue weighted by Crippen LogP contribution is 2.30. The van der Waals surface area contributed by atoms with Crippen molar-refractivity contribution in [3.63, 3.8) is 0 Å². The van der Waals surface area contributed by atoms with Crippen molar-refractivity contribution in [2.75, 3.05) is 6.26 Å². The average Bonchev–Trinajstić information content (AvgIpc) is 2.95. The molecule has 0 unspecified atom stereocenters. The van der Waals surface area contributed by atoms with Crippen LogP contribution in [0.25, 0.3) is 22.4 Å². The molecule has 0 amide bonds. The van der Waals surface area contributed by atoms with Crippen LogP contribution < -0.4 is 4.72 Å². The van der Waals surface area contributed by atoms with Gasteiger partial charge in [-0.25, -0.2) is 13.1 Å². The Labute approximate surface area is 141 Å². The third kappa shape index (κ3) is 3.87. The number of hydrogen-bond donors (Lipinski definition) is 1. The Morgan fingerprint density at radius 2 is 1.71 bits per heavy atom. The second-order valence-corrected chi connectivity index (χ2v) is 7.42. The van der Waals surface area contributed by atoms with E-state index in [4.69, 9.17) is 0 Å². The number of aryl methyl sites for hydroxylation is 1. The molecule has 0 saturated carbocycles. The highest BCUT2D eigenvalue weighted by molar-refractivity contribution is 7.88. The number of pyridine rings is 1. The minimum absolute atomic E-state index is 0.281. The zero-order valence-electron chi connectivity index (χ0n) is 13.5. The van der Waals surface area contributed by atoms with Gasteiger partial charge in [0.05, 0.1) is 6.26 Å². The van der Waals surface area contributed by atoms with E-state index in [0.717, 1.165) is 34.2 Å². The number of hydrogen-bond acceptors (Lipinski definition) is 4. The molecule has 7 heteroatoms. The van der Waals surface area contributed by atoms with E-state index in [9.17, 15) is 8.42 Å². The molecule has 0 aliphatic heterocycles. The van der Waals surface area contributed by atoms with Crippen LogP contribution in [-0.2, 0) is 23.6 Å². The van der Waals surface area contributed by atoms with Crippen LogP contribution in [0.1, 0.15) is 5.56 Å². The highest BCUT2D eigenvalue weighted by Gasteiger charge is 2.12. The lowest BCUT2D eigenvalue weighted by atomic mass is 10.0. The summed E-state index contributed by atoms with van der Waals surface area (Å²) < 4.78 is 26.6. The maximum Gasteiger partial charge on any atom is 0.209 e. The van der Waals surface area contributed by atoms with E-state index in [-0.39, 0.29) is 6.54 Å². The Hall–Kier alpha value is -2.51. The van der Waals surface area contributed by atoms with Crippen molar-refractivity contribution in [1.29, 1.82) is 0 Å². The zero-order valence-corrected chi connectivity index (χ0v) is 14.3. The van der Waals surface area contributed by atoms with E-state index in [0.29, 0.717) is 0 Å². The van der Waals surface area contributed by atoms with Gasteiger partial charge in [-0.3, -0.25) is 9.67 Å². The monoisotopic (exact) mass is 342 g/mol. The molecule has 6 nitrogen and oxygen atoms in total. The Kier molecular flexibility index (Phi) is 4.46. The molecule has 0 spiro atoms. The fourth-order valence-corrected chi connectivity index (χ4v) is 2.87. The van der Waals surface area contributed by atoms with E-state index >= 15 is 0 Å². The summed E-state index contributed by atoms with van der Waals surface area (Å²) in [4.78, 5) is 4.04. The molecule has 2 aromatic heterocycles. The van der Waals surface area contributed by atoms with Crippen LogP contribution in [0.3, 0.4) is 0 Å². The van der Waals surface area contributed by atoms with Crippen LogP contribution >= 0.6 is 0 Å². The molecule has 0 aliphatic carbocycles. The Balaban J connectivity index is 1.90. The quantitative estimate of drug-likeness (QED) is 0.771. The molecule has 0 aliphatic rings. The maximum absolute atomic E-state index is 11.2. The van der Waals surface area contributed by atoms with Crippen LogP contribution in [0.5, 0.6) is 0 Å². The van der Waals surface area contributed by atoms with Crippen molar-refractivity contribution < 1.29 is 8.42 Å². The molecule has 0 bridgehead atoms. The van der Waals surface area contributed by atoms with Gasteiger partial charge in [-0.05, 0) is 23.3 Å². The topological polar surface area (TPSA) is 76.9 Å². The standard InChI is InChI=1S/C17H18N4O2S/c1-21-12-16(17(20-21)15-7-9-18-10-8-15)14-5-3-13(4-6-14)11-19-24(2,22)23/h3-10,12,19H,11H2,1-2H3. The van der Waals surface area contributed by atoms with Gasteiger partial charge in [0.2, 0.25) is 10.0 Å². The molecular formula is C17H18N4O2S. The molecule has 0 saturated heterocycles. The Bertz CT molecular complexity index is 932. The minimum Gasteiger partial charge on any atom is -0.275 e. The smallest absolute Gasteiger partial charge is 0.209 e. The second-order valence-electron chi connectivity index (χ2n) is 5.59. The van der Waals surface area contributed by atoms with E-state index in [1.165, 1.54) is 0 Å². The largest absolute Gasteiger partial charge is 0.275 e. The van der Waals surface area contributed by atoms with Gasteiger partial charge in [0, 0.05) is 43.3 Å². The summed E-state index contributed by atoms with van der Waals surface area (Å²) in [6.07, 6.45) is 6.61. The van der Waals surface area contributed by atoms with Crippen LogP contribution in [0.4, 0.5) is 0 Å². The van der Waals surface area contributed by atoms with E-state index < -0.39 is 10.0 Å². The molecule has 0 radical (unpaired) electrons. The SMILES string of the molecule is Cn1cc(-c2ccc(CNS(C)(=O)=O)cc2)c(-c2ccncc2)n1. The summed E-state index contributed by atoms with van der Waals surface area (Å²) in [5.74, 6) is 0. The van der Waals surface area contributed by atoms with Crippen molar-refractivity contribution in [2.45, 2.75) is 6.54 Å². The average molecular weight is 342 g/mol. The Morgan fingerprint density at radius 1 is 1.04 bits per heavy atom. The molecule has 124 valence electrons. The van der Waals surface area contributed by atoms with Gasteiger partial charge in [0.1, 0.15) is 5.69 Å². The van der Waals surface area contributed by atoms with E-state index in [2.05, 4.69) is 14.8 Å². The van der Waals surface area contributed by atoms with Gasteiger partial charge in [0.15, 0.2) is 0 Å². The first-order chi connectivity index (χ1) is 11.4. The van der Waals surface area contributed by atoms with Gasteiger partial charge < -0.3 is 0 Å². The molecule has 0 fully saturated rings. The van der Waals surface area contributed by atoms with Crippen LogP contribution in [0.15, 0.2) is 55.0 Å². The summed E-state index contributed by atoms with van der Waals surface area (Å²) in [7, 11) is -1.31. The molecule has 1 aromatic carbocycles. The normalized spacial score (nSPS) is 11.6. The van der Waals surface area contributed by atoms with Crippen molar-refractivity contribution in [1.82, 2.24) is 19.5 Å². The lowest BCUT2D eigenvalue weighted by molar-refractivity contribution is 0.587. The summed E-state index contributed by atoms with van der Waals surface area (Å²) in [5.41, 5.74) is 4.84. The fourth-order valence-electron chi connectivity index (χ4n) is 2.44. The van der Waals surface area contributed by atoms with Gasteiger partial charge in [-0.2, -0.15) is 5.10 Å². The molecule has 24 heavy (non-hydrogen) atoms. The summed E-state index contributed by atoms with van der Waals surface area (Å²) in [6, 6.07) is 11.6. The minimum atomic E-state index is -3.19. The van der Waals surface area contributed by atoms with Gasteiger partial charge >= 0.3 is 0 Å². The van der Waals surface area contributed by atoms with Gasteiger partial charge in [-0.1, -0.05) is 24.3 Å². The van der Waals surface area contributed by atoms with E-state index in [1.807, 2.05) is 49.6 Å². The van der Waals surface area contributed by atoms with Crippen molar-refractivity contribution >= 4 is 10.0 Å². The number of rotatable bonds is 5. The lowest BCUT2D eigenvalue weighted by Gasteiger charge is -2.06. The van der Waals surface area contributed by atoms with Crippen molar-refractivity contribution in [3.8, 4) is 22.4 Å². The molecule has 0 atom stereocenters. The number of aromatic nitrogens is 3. The van der Waals surface area contributed by atoms with Gasteiger partial charge in [-0.15, -0.1) is 0 Å². The zero-order chi connectivity index (χ0) is 17.2. The highest BCUT2D eigenvalue weighted by atomic mass is 32.2. The predicted octanol–water partition coefficient (Wildman–Crippen LogP) is 2.20. The molecule has 1 N–H and O–H groups in total. The third-order valence-electron chi connectivity index (χ3n) is 3.59.